The fourth-order valence-corrected chi connectivity index (χ4v) is 1.89. The highest BCUT2D eigenvalue weighted by atomic mass is 16.3. The van der Waals surface area contributed by atoms with Gasteiger partial charge in [-0.15, -0.1) is 0 Å². The minimum absolute atomic E-state index is 0.250. The SMILES string of the molecule is Cc1cnc(NN)nc1NCC1(CCO)CC1. The monoisotopic (exact) mass is 237 g/mol. The Morgan fingerprint density at radius 2 is 2.29 bits per heavy atom. The topological polar surface area (TPSA) is 96.1 Å². The molecule has 6 heteroatoms. The van der Waals surface area contributed by atoms with Crippen molar-refractivity contribution in [2.24, 2.45) is 11.3 Å². The van der Waals surface area contributed by atoms with Crippen molar-refractivity contribution in [1.82, 2.24) is 9.97 Å². The molecular formula is C11H19N5O. The van der Waals surface area contributed by atoms with Gasteiger partial charge >= 0.3 is 0 Å². The number of aryl methyl sites for hydroxylation is 1. The van der Waals surface area contributed by atoms with Gasteiger partial charge in [0.25, 0.3) is 0 Å². The van der Waals surface area contributed by atoms with E-state index in [1.54, 1.807) is 6.20 Å². The number of hydrazine groups is 1. The maximum Gasteiger partial charge on any atom is 0.239 e. The maximum atomic E-state index is 9.00. The number of hydrogen-bond donors (Lipinski definition) is 4. The largest absolute Gasteiger partial charge is 0.396 e. The first-order chi connectivity index (χ1) is 8.19. The number of nitrogens with one attached hydrogen (secondary N) is 2. The van der Waals surface area contributed by atoms with Crippen molar-refractivity contribution in [2.75, 3.05) is 23.9 Å². The molecule has 1 aliphatic carbocycles. The molecule has 0 amide bonds. The van der Waals surface area contributed by atoms with E-state index in [1.165, 1.54) is 12.8 Å². The first kappa shape index (κ1) is 12.1. The number of anilines is 2. The molecule has 0 aliphatic heterocycles. The standard InChI is InChI=1S/C11H19N5O/c1-8-6-13-10(16-12)15-9(8)14-7-11(2-3-11)4-5-17/h6,17H,2-5,7,12H2,1H3,(H2,13,14,15,16). The van der Waals surface area contributed by atoms with Crippen LogP contribution in [-0.4, -0.2) is 28.2 Å². The molecular weight excluding hydrogens is 218 g/mol. The first-order valence-electron chi connectivity index (χ1n) is 5.84. The fraction of sp³-hybridized carbons (Fsp3) is 0.636. The Labute approximate surface area is 101 Å². The lowest BCUT2D eigenvalue weighted by molar-refractivity contribution is 0.253. The minimum Gasteiger partial charge on any atom is -0.396 e. The van der Waals surface area contributed by atoms with E-state index in [4.69, 9.17) is 10.9 Å². The lowest BCUT2D eigenvalue weighted by Gasteiger charge is -2.16. The van der Waals surface area contributed by atoms with Gasteiger partial charge in [-0.3, -0.25) is 5.43 Å². The molecule has 0 radical (unpaired) electrons. The van der Waals surface area contributed by atoms with Crippen molar-refractivity contribution in [3.8, 4) is 0 Å². The molecule has 0 saturated heterocycles. The van der Waals surface area contributed by atoms with Gasteiger partial charge in [0.2, 0.25) is 5.95 Å². The molecule has 0 atom stereocenters. The summed E-state index contributed by atoms with van der Waals surface area (Å²) in [6, 6.07) is 0. The van der Waals surface area contributed by atoms with E-state index in [0.717, 1.165) is 24.3 Å². The van der Waals surface area contributed by atoms with Crippen LogP contribution in [0.5, 0.6) is 0 Å². The summed E-state index contributed by atoms with van der Waals surface area (Å²) in [4.78, 5) is 8.29. The van der Waals surface area contributed by atoms with E-state index < -0.39 is 0 Å². The van der Waals surface area contributed by atoms with Crippen LogP contribution in [0.15, 0.2) is 6.20 Å². The number of aromatic nitrogens is 2. The fourth-order valence-electron chi connectivity index (χ4n) is 1.89. The van der Waals surface area contributed by atoms with Crippen LogP contribution in [0.1, 0.15) is 24.8 Å². The van der Waals surface area contributed by atoms with Gasteiger partial charge in [0, 0.05) is 24.9 Å². The summed E-state index contributed by atoms with van der Waals surface area (Å²) in [5.41, 5.74) is 3.69. The van der Waals surface area contributed by atoms with Gasteiger partial charge in [0.15, 0.2) is 0 Å². The molecule has 5 N–H and O–H groups in total. The highest BCUT2D eigenvalue weighted by molar-refractivity contribution is 5.46. The van der Waals surface area contributed by atoms with E-state index in [2.05, 4.69) is 20.7 Å². The van der Waals surface area contributed by atoms with E-state index in [-0.39, 0.29) is 12.0 Å². The van der Waals surface area contributed by atoms with Crippen molar-refractivity contribution < 1.29 is 5.11 Å². The second-order valence-electron chi connectivity index (χ2n) is 4.70. The predicted octanol–water partition coefficient (Wildman–Crippen LogP) is 0.645. The van der Waals surface area contributed by atoms with Crippen molar-refractivity contribution in [1.29, 1.82) is 0 Å². The third-order valence-electron chi connectivity index (χ3n) is 3.33. The van der Waals surface area contributed by atoms with Gasteiger partial charge in [-0.2, -0.15) is 4.98 Å². The van der Waals surface area contributed by atoms with Crippen LogP contribution < -0.4 is 16.6 Å². The van der Waals surface area contributed by atoms with Crippen LogP contribution in [0.25, 0.3) is 0 Å². The first-order valence-corrected chi connectivity index (χ1v) is 5.84. The van der Waals surface area contributed by atoms with Gasteiger partial charge in [0.05, 0.1) is 0 Å². The summed E-state index contributed by atoms with van der Waals surface area (Å²) in [6.45, 7) is 3.05. The third kappa shape index (κ3) is 2.83. The molecule has 1 aromatic rings. The molecule has 1 fully saturated rings. The summed E-state index contributed by atoms with van der Waals surface area (Å²) in [5, 5.41) is 12.3. The van der Waals surface area contributed by atoms with Gasteiger partial charge in [-0.25, -0.2) is 10.8 Å². The summed E-state index contributed by atoms with van der Waals surface area (Å²) < 4.78 is 0. The third-order valence-corrected chi connectivity index (χ3v) is 3.33. The highest BCUT2D eigenvalue weighted by Gasteiger charge is 2.41. The molecule has 0 bridgehead atoms. The predicted molar refractivity (Wildman–Crippen MR) is 66.4 cm³/mol. The Bertz CT molecular complexity index is 391. The van der Waals surface area contributed by atoms with E-state index in [0.29, 0.717) is 5.95 Å². The zero-order valence-electron chi connectivity index (χ0n) is 10.0. The van der Waals surface area contributed by atoms with Crippen LogP contribution in [0.4, 0.5) is 11.8 Å². The second-order valence-corrected chi connectivity index (χ2v) is 4.70. The Morgan fingerprint density at radius 1 is 1.53 bits per heavy atom. The molecule has 0 aromatic carbocycles. The Morgan fingerprint density at radius 3 is 2.88 bits per heavy atom. The second kappa shape index (κ2) is 4.85. The molecule has 1 aromatic heterocycles. The smallest absolute Gasteiger partial charge is 0.239 e. The summed E-state index contributed by atoms with van der Waals surface area (Å²) >= 11 is 0. The Kier molecular flexibility index (Phi) is 3.44. The average molecular weight is 237 g/mol. The zero-order valence-corrected chi connectivity index (χ0v) is 10.0. The van der Waals surface area contributed by atoms with E-state index >= 15 is 0 Å². The van der Waals surface area contributed by atoms with Crippen molar-refractivity contribution in [3.63, 3.8) is 0 Å². The van der Waals surface area contributed by atoms with Gasteiger partial charge in [-0.05, 0) is 31.6 Å². The molecule has 6 nitrogen and oxygen atoms in total. The number of hydrogen-bond acceptors (Lipinski definition) is 6. The van der Waals surface area contributed by atoms with Gasteiger partial charge in [0.1, 0.15) is 5.82 Å². The molecule has 0 spiro atoms. The Hall–Kier alpha value is -1.40. The highest BCUT2D eigenvalue weighted by Crippen LogP contribution is 2.48. The molecule has 1 aliphatic rings. The summed E-state index contributed by atoms with van der Waals surface area (Å²) in [5.74, 6) is 6.49. The molecule has 94 valence electrons. The van der Waals surface area contributed by atoms with Crippen LogP contribution in [0.2, 0.25) is 0 Å². The molecule has 1 heterocycles. The summed E-state index contributed by atoms with van der Waals surface area (Å²) in [7, 11) is 0. The van der Waals surface area contributed by atoms with E-state index in [1.807, 2.05) is 6.92 Å². The molecule has 2 rings (SSSR count). The van der Waals surface area contributed by atoms with Crippen LogP contribution in [-0.2, 0) is 0 Å². The Balaban J connectivity index is 1.98. The lowest BCUT2D eigenvalue weighted by Crippen LogP contribution is -2.19. The van der Waals surface area contributed by atoms with Crippen molar-refractivity contribution in [3.05, 3.63) is 11.8 Å². The van der Waals surface area contributed by atoms with Crippen LogP contribution in [0, 0.1) is 12.3 Å². The van der Waals surface area contributed by atoms with E-state index in [9.17, 15) is 0 Å². The van der Waals surface area contributed by atoms with Crippen LogP contribution >= 0.6 is 0 Å². The molecule has 1 saturated carbocycles. The number of nitrogens with zero attached hydrogens (tertiary/aromatic N) is 2. The minimum atomic E-state index is 0.250. The molecule has 17 heavy (non-hydrogen) atoms. The maximum absolute atomic E-state index is 9.00. The zero-order chi connectivity index (χ0) is 12.3. The lowest BCUT2D eigenvalue weighted by atomic mass is 10.0. The normalized spacial score (nSPS) is 16.6. The van der Waals surface area contributed by atoms with Crippen LogP contribution in [0.3, 0.4) is 0 Å². The number of aliphatic hydroxyl groups excluding tert-OH is 1. The quantitative estimate of drug-likeness (QED) is 0.428. The van der Waals surface area contributed by atoms with Crippen molar-refractivity contribution >= 4 is 11.8 Å². The van der Waals surface area contributed by atoms with Gasteiger partial charge in [-0.1, -0.05) is 0 Å². The van der Waals surface area contributed by atoms with Crippen molar-refractivity contribution in [2.45, 2.75) is 26.2 Å². The molecule has 0 unspecified atom stereocenters. The number of aliphatic hydroxyl groups is 1. The number of rotatable bonds is 6. The number of nitrogens with two attached hydrogens (primary N) is 1. The average Bonchev–Trinajstić information content (AvgIpc) is 3.09. The van der Waals surface area contributed by atoms with Gasteiger partial charge < -0.3 is 10.4 Å². The number of nitrogen functional groups attached to an aromatic ring is 1. The summed E-state index contributed by atoms with van der Waals surface area (Å²) in [6.07, 6.45) is 4.93.